The summed E-state index contributed by atoms with van der Waals surface area (Å²) in [5.74, 6) is -0.178. The minimum atomic E-state index is -0.450. The topological polar surface area (TPSA) is 64.6 Å². The second-order valence-electron chi connectivity index (χ2n) is 5.81. The fourth-order valence-electron chi connectivity index (χ4n) is 3.49. The van der Waals surface area contributed by atoms with Gasteiger partial charge in [-0.3, -0.25) is 4.79 Å². The van der Waals surface area contributed by atoms with Gasteiger partial charge < -0.3 is 4.52 Å². The highest BCUT2D eigenvalue weighted by Gasteiger charge is 2.45. The Hall–Kier alpha value is -1.66. The number of hydrogen-bond acceptors (Lipinski definition) is 4. The lowest BCUT2D eigenvalue weighted by Crippen LogP contribution is -2.29. The second kappa shape index (κ2) is 5.18. The monoisotopic (exact) mass is 394 g/mol. The highest BCUT2D eigenvalue weighted by atomic mass is 79.9. The van der Waals surface area contributed by atoms with Crippen LogP contribution in [0, 0.1) is 5.92 Å². The Morgan fingerprint density at radius 3 is 2.83 bits per heavy atom. The van der Waals surface area contributed by atoms with Gasteiger partial charge in [0.25, 0.3) is 0 Å². The number of aromatic nitrogens is 1. The maximum Gasteiger partial charge on any atom is 0.363 e. The molecule has 0 spiro atoms. The van der Waals surface area contributed by atoms with Crippen molar-refractivity contribution in [3.8, 4) is 0 Å². The van der Waals surface area contributed by atoms with Crippen LogP contribution in [0.25, 0.3) is 0 Å². The van der Waals surface area contributed by atoms with E-state index in [1.54, 1.807) is 13.1 Å². The van der Waals surface area contributed by atoms with Crippen LogP contribution in [0.4, 0.5) is 5.82 Å². The first-order chi connectivity index (χ1) is 11.0. The van der Waals surface area contributed by atoms with Gasteiger partial charge in [0.2, 0.25) is 0 Å². The van der Waals surface area contributed by atoms with E-state index in [2.05, 4.69) is 20.9 Å². The summed E-state index contributed by atoms with van der Waals surface area (Å²) in [4.78, 5) is 29.2. The van der Waals surface area contributed by atoms with Crippen molar-refractivity contribution in [3.63, 3.8) is 0 Å². The molecule has 0 radical (unpaired) electrons. The van der Waals surface area contributed by atoms with Crippen LogP contribution in [0.1, 0.15) is 29.9 Å². The lowest BCUT2D eigenvalue weighted by atomic mass is 9.78. The lowest BCUT2D eigenvalue weighted by molar-refractivity contribution is -0.120. The van der Waals surface area contributed by atoms with Crippen LogP contribution in [0.15, 0.2) is 37.0 Å². The summed E-state index contributed by atoms with van der Waals surface area (Å²) in [5.41, 5.74) is 1.64. The molecule has 2 unspecified atom stereocenters. The Morgan fingerprint density at radius 1 is 1.30 bits per heavy atom. The molecule has 5 nitrogen and oxygen atoms in total. The van der Waals surface area contributed by atoms with E-state index in [-0.39, 0.29) is 5.78 Å². The van der Waals surface area contributed by atoms with Crippen molar-refractivity contribution < 1.29 is 9.32 Å². The zero-order valence-electron chi connectivity index (χ0n) is 12.2. The van der Waals surface area contributed by atoms with Crippen molar-refractivity contribution in [2.24, 2.45) is 18.0 Å². The number of aryl methyl sites for hydroxylation is 1. The van der Waals surface area contributed by atoms with Crippen molar-refractivity contribution in [3.05, 3.63) is 49.2 Å². The minimum absolute atomic E-state index is 0.113. The molecule has 1 aliphatic carbocycles. The normalized spacial score (nSPS) is 22.7. The summed E-state index contributed by atoms with van der Waals surface area (Å²) >= 11 is 9.58. The van der Waals surface area contributed by atoms with E-state index < -0.39 is 17.5 Å². The van der Waals surface area contributed by atoms with Gasteiger partial charge in [0.05, 0.1) is 16.5 Å². The standard InChI is InChI=1S/C16H12BrClN2O3/c1-20-15-14(16(22)23-20)12(7-2-3-8(17)9(18)6-7)13-10(19-15)4-5-11(13)21/h2-3,6,12-13H,4-5H2,1H3. The summed E-state index contributed by atoms with van der Waals surface area (Å²) in [5, 5.41) is 0.541. The summed E-state index contributed by atoms with van der Waals surface area (Å²) < 4.78 is 7.32. The average Bonchev–Trinajstić information content (AvgIpc) is 3.02. The van der Waals surface area contributed by atoms with Gasteiger partial charge in [-0.05, 0) is 40.0 Å². The van der Waals surface area contributed by atoms with Crippen LogP contribution in [-0.4, -0.2) is 16.2 Å². The molecule has 0 saturated heterocycles. The molecule has 4 rings (SSSR count). The molecular formula is C16H12BrClN2O3. The second-order valence-corrected chi connectivity index (χ2v) is 7.07. The largest absolute Gasteiger partial charge is 0.363 e. The highest BCUT2D eigenvalue weighted by molar-refractivity contribution is 9.10. The number of rotatable bonds is 1. The van der Waals surface area contributed by atoms with E-state index in [0.717, 1.165) is 15.7 Å². The fraction of sp³-hybridized carbons (Fsp3) is 0.312. The van der Waals surface area contributed by atoms with Crippen molar-refractivity contribution in [1.29, 1.82) is 0 Å². The Kier molecular flexibility index (Phi) is 3.35. The molecule has 23 heavy (non-hydrogen) atoms. The summed E-state index contributed by atoms with van der Waals surface area (Å²) in [7, 11) is 1.65. The number of benzene rings is 1. The van der Waals surface area contributed by atoms with E-state index in [0.29, 0.717) is 29.2 Å². The molecule has 1 aromatic carbocycles. The third-order valence-electron chi connectivity index (χ3n) is 4.51. The number of nitrogens with zero attached hydrogens (tertiary/aromatic N) is 2. The summed E-state index contributed by atoms with van der Waals surface area (Å²) in [6.07, 6.45) is 1.09. The maximum atomic E-state index is 12.4. The van der Waals surface area contributed by atoms with Gasteiger partial charge in [-0.2, -0.15) is 4.74 Å². The first kappa shape index (κ1) is 14.9. The van der Waals surface area contributed by atoms with Crippen molar-refractivity contribution in [2.75, 3.05) is 0 Å². The maximum absolute atomic E-state index is 12.4. The van der Waals surface area contributed by atoms with E-state index in [1.165, 1.54) is 4.74 Å². The Morgan fingerprint density at radius 2 is 2.09 bits per heavy atom. The zero-order chi connectivity index (χ0) is 16.3. The molecule has 0 bridgehead atoms. The van der Waals surface area contributed by atoms with Crippen LogP contribution in [0.5, 0.6) is 0 Å². The molecule has 7 heteroatoms. The van der Waals surface area contributed by atoms with E-state index in [9.17, 15) is 9.59 Å². The van der Waals surface area contributed by atoms with E-state index in [4.69, 9.17) is 16.1 Å². The number of halogens is 2. The minimum Gasteiger partial charge on any atom is -0.334 e. The summed E-state index contributed by atoms with van der Waals surface area (Å²) in [6.45, 7) is 0. The molecule has 0 amide bonds. The van der Waals surface area contributed by atoms with Crippen molar-refractivity contribution in [1.82, 2.24) is 4.74 Å². The van der Waals surface area contributed by atoms with Gasteiger partial charge in [-0.25, -0.2) is 9.79 Å². The van der Waals surface area contributed by atoms with Crippen molar-refractivity contribution in [2.45, 2.75) is 18.8 Å². The third kappa shape index (κ3) is 2.16. The predicted molar refractivity (Wildman–Crippen MR) is 89.8 cm³/mol. The molecule has 118 valence electrons. The molecule has 0 N–H and O–H groups in total. The lowest BCUT2D eigenvalue weighted by Gasteiger charge is -2.26. The van der Waals surface area contributed by atoms with Gasteiger partial charge in [0.1, 0.15) is 5.78 Å². The molecule has 2 aromatic rings. The Bertz CT molecular complexity index is 928. The highest BCUT2D eigenvalue weighted by Crippen LogP contribution is 2.45. The van der Waals surface area contributed by atoms with Crippen LogP contribution < -0.4 is 5.63 Å². The predicted octanol–water partition coefficient (Wildman–Crippen LogP) is 3.59. The number of aliphatic imine (C=N–C) groups is 1. The third-order valence-corrected chi connectivity index (χ3v) is 5.74. The molecule has 2 atom stereocenters. The zero-order valence-corrected chi connectivity index (χ0v) is 14.5. The number of carbonyl (C=O) groups is 1. The molecule has 2 heterocycles. The van der Waals surface area contributed by atoms with E-state index >= 15 is 0 Å². The number of carbonyl (C=O) groups excluding carboxylic acids is 1. The number of ketones is 1. The number of Topliss-reactive ketones (excluding diaryl/α,β-unsaturated/α-hetero) is 1. The van der Waals surface area contributed by atoms with Crippen LogP contribution in [0.3, 0.4) is 0 Å². The first-order valence-corrected chi connectivity index (χ1v) is 8.40. The Labute approximate surface area is 145 Å². The van der Waals surface area contributed by atoms with Gasteiger partial charge >= 0.3 is 5.63 Å². The number of hydrogen-bond donors (Lipinski definition) is 0. The van der Waals surface area contributed by atoms with Crippen molar-refractivity contribution >= 4 is 44.8 Å². The Balaban J connectivity index is 1.99. The molecule has 2 aliphatic rings. The molecule has 1 aromatic heterocycles. The molecular weight excluding hydrogens is 384 g/mol. The molecule has 1 aliphatic heterocycles. The van der Waals surface area contributed by atoms with Gasteiger partial charge in [0, 0.05) is 29.6 Å². The van der Waals surface area contributed by atoms with E-state index in [1.807, 2.05) is 12.1 Å². The van der Waals surface area contributed by atoms with Crippen LogP contribution in [0.2, 0.25) is 5.02 Å². The average molecular weight is 396 g/mol. The fourth-order valence-corrected chi connectivity index (χ4v) is 3.93. The quantitative estimate of drug-likeness (QED) is 0.741. The SMILES string of the molecule is Cn1oc(=O)c2c1N=C1CCC(=O)C1C2c1ccc(Br)c(Cl)c1. The van der Waals surface area contributed by atoms with Crippen LogP contribution in [-0.2, 0) is 11.8 Å². The molecule has 1 fully saturated rings. The summed E-state index contributed by atoms with van der Waals surface area (Å²) in [6, 6.07) is 5.50. The molecule has 1 saturated carbocycles. The van der Waals surface area contributed by atoms with Gasteiger partial charge in [0.15, 0.2) is 5.82 Å². The van der Waals surface area contributed by atoms with Gasteiger partial charge in [-0.15, -0.1) is 0 Å². The first-order valence-electron chi connectivity index (χ1n) is 7.22. The van der Waals surface area contributed by atoms with Gasteiger partial charge in [-0.1, -0.05) is 17.7 Å². The smallest absolute Gasteiger partial charge is 0.334 e. The number of fused-ring (bicyclic) bond motifs is 2. The van der Waals surface area contributed by atoms with Crippen LogP contribution >= 0.6 is 27.5 Å².